The Morgan fingerprint density at radius 1 is 1.04 bits per heavy atom. The molecule has 0 radical (unpaired) electrons. The largest absolute Gasteiger partial charge is 0.496 e. The molecule has 0 bridgehead atoms. The van der Waals surface area contributed by atoms with Gasteiger partial charge in [0.05, 0.1) is 18.2 Å². The minimum Gasteiger partial charge on any atom is -0.496 e. The topological polar surface area (TPSA) is 52.6 Å². The summed E-state index contributed by atoms with van der Waals surface area (Å²) < 4.78 is 36.3. The van der Waals surface area contributed by atoms with Crippen molar-refractivity contribution < 1.29 is 27.8 Å². The Labute approximate surface area is 139 Å². The number of rotatable bonds is 5. The highest BCUT2D eigenvalue weighted by atomic mass is 79.9. The molecule has 2 aromatic rings. The number of esters is 1. The minimum absolute atomic E-state index is 0.0292. The Kier molecular flexibility index (Phi) is 5.44. The van der Waals surface area contributed by atoms with Crippen molar-refractivity contribution in [3.63, 3.8) is 0 Å². The molecular weight excluding hydrogens is 374 g/mol. The second-order valence-electron chi connectivity index (χ2n) is 4.47. The first-order valence-electron chi connectivity index (χ1n) is 6.41. The van der Waals surface area contributed by atoms with Crippen molar-refractivity contribution in [2.75, 3.05) is 13.7 Å². The average molecular weight is 385 g/mol. The van der Waals surface area contributed by atoms with Gasteiger partial charge >= 0.3 is 5.97 Å². The van der Waals surface area contributed by atoms with Crippen LogP contribution in [0.4, 0.5) is 8.78 Å². The second-order valence-corrected chi connectivity index (χ2v) is 5.32. The predicted octanol–water partition coefficient (Wildman–Crippen LogP) is 3.78. The molecule has 2 aromatic carbocycles. The Morgan fingerprint density at radius 2 is 1.70 bits per heavy atom. The van der Waals surface area contributed by atoms with Crippen LogP contribution in [0.1, 0.15) is 20.7 Å². The Hall–Kier alpha value is -2.28. The number of Topliss-reactive ketones (excluding diaryl/α,β-unsaturated/α-hetero) is 1. The molecule has 0 heterocycles. The van der Waals surface area contributed by atoms with Crippen LogP contribution in [0.5, 0.6) is 5.75 Å². The van der Waals surface area contributed by atoms with Crippen molar-refractivity contribution in [2.45, 2.75) is 0 Å². The van der Waals surface area contributed by atoms with Crippen molar-refractivity contribution in [2.24, 2.45) is 0 Å². The summed E-state index contributed by atoms with van der Waals surface area (Å²) in [5.74, 6) is -2.38. The van der Waals surface area contributed by atoms with Crippen LogP contribution in [0.3, 0.4) is 0 Å². The van der Waals surface area contributed by atoms with Gasteiger partial charge in [-0.1, -0.05) is 0 Å². The van der Waals surface area contributed by atoms with Gasteiger partial charge in [-0.15, -0.1) is 0 Å². The standard InChI is InChI=1S/C16H11BrF2O4/c1-22-15-5-3-9(18)6-12(15)14(20)8-23-16(21)11-4-2-10(19)7-13(11)17/h2-7H,8H2,1H3. The van der Waals surface area contributed by atoms with E-state index in [1.165, 1.54) is 19.2 Å². The number of ketones is 1. The van der Waals surface area contributed by atoms with Gasteiger partial charge in [0.15, 0.2) is 6.61 Å². The summed E-state index contributed by atoms with van der Waals surface area (Å²) in [5, 5.41) is 0. The normalized spacial score (nSPS) is 10.3. The maximum atomic E-state index is 13.2. The number of halogens is 3. The first-order valence-corrected chi connectivity index (χ1v) is 7.20. The molecule has 0 fully saturated rings. The Morgan fingerprint density at radius 3 is 2.35 bits per heavy atom. The summed E-state index contributed by atoms with van der Waals surface area (Å²) in [6.45, 7) is -0.595. The zero-order chi connectivity index (χ0) is 17.0. The summed E-state index contributed by atoms with van der Waals surface area (Å²) >= 11 is 3.04. The number of hydrogen-bond donors (Lipinski definition) is 0. The van der Waals surface area contributed by atoms with E-state index in [1.807, 2.05) is 0 Å². The van der Waals surface area contributed by atoms with Crippen LogP contribution >= 0.6 is 15.9 Å². The van der Waals surface area contributed by atoms with E-state index in [0.29, 0.717) is 0 Å². The summed E-state index contributed by atoms with van der Waals surface area (Å²) in [4.78, 5) is 24.0. The number of hydrogen-bond acceptors (Lipinski definition) is 4. The number of carbonyl (C=O) groups excluding carboxylic acids is 2. The Bertz CT molecular complexity index is 762. The van der Waals surface area contributed by atoms with Gasteiger partial charge in [-0.25, -0.2) is 13.6 Å². The number of ether oxygens (including phenoxy) is 2. The lowest BCUT2D eigenvalue weighted by Gasteiger charge is -2.09. The highest BCUT2D eigenvalue weighted by Gasteiger charge is 2.18. The molecule has 4 nitrogen and oxygen atoms in total. The Balaban J connectivity index is 2.10. The highest BCUT2D eigenvalue weighted by molar-refractivity contribution is 9.10. The minimum atomic E-state index is -0.805. The molecule has 0 unspecified atom stereocenters. The summed E-state index contributed by atoms with van der Waals surface area (Å²) in [6.07, 6.45) is 0. The van der Waals surface area contributed by atoms with Crippen LogP contribution in [-0.2, 0) is 4.74 Å². The van der Waals surface area contributed by atoms with Crippen molar-refractivity contribution in [3.05, 3.63) is 63.6 Å². The van der Waals surface area contributed by atoms with E-state index < -0.39 is 30.0 Å². The van der Waals surface area contributed by atoms with E-state index >= 15 is 0 Å². The van der Waals surface area contributed by atoms with Crippen LogP contribution in [0, 0.1) is 11.6 Å². The fourth-order valence-corrected chi connectivity index (χ4v) is 2.35. The maximum absolute atomic E-state index is 13.2. The first-order chi connectivity index (χ1) is 10.9. The lowest BCUT2D eigenvalue weighted by Crippen LogP contribution is -2.15. The van der Waals surface area contributed by atoms with E-state index in [9.17, 15) is 18.4 Å². The van der Waals surface area contributed by atoms with E-state index in [2.05, 4.69) is 15.9 Å². The molecule has 120 valence electrons. The summed E-state index contributed by atoms with van der Waals surface area (Å²) in [6, 6.07) is 6.89. The van der Waals surface area contributed by atoms with E-state index in [0.717, 1.165) is 24.3 Å². The zero-order valence-corrected chi connectivity index (χ0v) is 13.5. The zero-order valence-electron chi connectivity index (χ0n) is 11.9. The molecule has 0 aromatic heterocycles. The molecule has 0 saturated carbocycles. The molecule has 0 amide bonds. The van der Waals surface area contributed by atoms with Crippen LogP contribution in [0.15, 0.2) is 40.9 Å². The molecule has 2 rings (SSSR count). The van der Waals surface area contributed by atoms with Crippen molar-refractivity contribution in [1.29, 1.82) is 0 Å². The summed E-state index contributed by atoms with van der Waals surface area (Å²) in [7, 11) is 1.34. The van der Waals surface area contributed by atoms with Gasteiger partial charge in [0.1, 0.15) is 17.4 Å². The van der Waals surface area contributed by atoms with Gasteiger partial charge in [-0.3, -0.25) is 4.79 Å². The third-order valence-corrected chi connectivity index (χ3v) is 3.60. The third kappa shape index (κ3) is 4.13. The molecule has 0 atom stereocenters. The lowest BCUT2D eigenvalue weighted by atomic mass is 10.1. The van der Waals surface area contributed by atoms with Crippen molar-refractivity contribution in [1.82, 2.24) is 0 Å². The van der Waals surface area contributed by atoms with Gasteiger partial charge in [0.2, 0.25) is 5.78 Å². The molecule has 0 aliphatic carbocycles. The van der Waals surface area contributed by atoms with Gasteiger partial charge in [-0.05, 0) is 52.3 Å². The molecule has 0 N–H and O–H groups in total. The number of benzene rings is 2. The molecular formula is C16H11BrF2O4. The fourth-order valence-electron chi connectivity index (χ4n) is 1.84. The highest BCUT2D eigenvalue weighted by Crippen LogP contribution is 2.21. The van der Waals surface area contributed by atoms with E-state index in [1.54, 1.807) is 0 Å². The van der Waals surface area contributed by atoms with Crippen LogP contribution in [-0.4, -0.2) is 25.5 Å². The maximum Gasteiger partial charge on any atom is 0.339 e. The molecule has 0 aliphatic heterocycles. The predicted molar refractivity (Wildman–Crippen MR) is 81.7 cm³/mol. The molecule has 7 heteroatoms. The van der Waals surface area contributed by atoms with Crippen LogP contribution in [0.2, 0.25) is 0 Å². The van der Waals surface area contributed by atoms with Crippen LogP contribution in [0.25, 0.3) is 0 Å². The van der Waals surface area contributed by atoms with E-state index in [4.69, 9.17) is 9.47 Å². The first kappa shape index (κ1) is 17.1. The van der Waals surface area contributed by atoms with E-state index in [-0.39, 0.29) is 21.3 Å². The summed E-state index contributed by atoms with van der Waals surface area (Å²) in [5.41, 5.74) is 0.0453. The number of carbonyl (C=O) groups is 2. The molecule has 23 heavy (non-hydrogen) atoms. The number of methoxy groups -OCH3 is 1. The van der Waals surface area contributed by atoms with Crippen LogP contribution < -0.4 is 4.74 Å². The van der Waals surface area contributed by atoms with Crippen molar-refractivity contribution >= 4 is 27.7 Å². The fraction of sp³-hybridized carbons (Fsp3) is 0.125. The quantitative estimate of drug-likeness (QED) is 0.581. The molecule has 0 spiro atoms. The second kappa shape index (κ2) is 7.32. The van der Waals surface area contributed by atoms with Gasteiger partial charge < -0.3 is 9.47 Å². The average Bonchev–Trinajstić information content (AvgIpc) is 2.52. The molecule has 0 aliphatic rings. The monoisotopic (exact) mass is 384 g/mol. The smallest absolute Gasteiger partial charge is 0.339 e. The van der Waals surface area contributed by atoms with Crippen molar-refractivity contribution in [3.8, 4) is 5.75 Å². The van der Waals surface area contributed by atoms with Gasteiger partial charge in [0, 0.05) is 4.47 Å². The molecule has 0 saturated heterocycles. The third-order valence-electron chi connectivity index (χ3n) is 2.95. The SMILES string of the molecule is COc1ccc(F)cc1C(=O)COC(=O)c1ccc(F)cc1Br. The van der Waals surface area contributed by atoms with Gasteiger partial charge in [-0.2, -0.15) is 0 Å². The van der Waals surface area contributed by atoms with Gasteiger partial charge in [0.25, 0.3) is 0 Å². The lowest BCUT2D eigenvalue weighted by molar-refractivity contribution is 0.0473.